The van der Waals surface area contributed by atoms with E-state index >= 15 is 0 Å². The predicted molar refractivity (Wildman–Crippen MR) is 80.1 cm³/mol. The Morgan fingerprint density at radius 3 is 2.57 bits per heavy atom. The molecule has 1 amide bonds. The average Bonchev–Trinajstić information content (AvgIpc) is 2.85. The lowest BCUT2D eigenvalue weighted by molar-refractivity contribution is 0.1000. The predicted octanol–water partition coefficient (Wildman–Crippen LogP) is 2.25. The third-order valence-corrected chi connectivity index (χ3v) is 3.52. The van der Waals surface area contributed by atoms with Crippen molar-refractivity contribution in [2.75, 3.05) is 0 Å². The van der Waals surface area contributed by atoms with Crippen LogP contribution in [0.25, 0.3) is 16.9 Å². The van der Waals surface area contributed by atoms with Gasteiger partial charge in [0.15, 0.2) is 0 Å². The van der Waals surface area contributed by atoms with Gasteiger partial charge in [-0.2, -0.15) is 0 Å². The highest BCUT2D eigenvalue weighted by atomic mass is 35.5. The number of hydrogen-bond acceptors (Lipinski definition) is 3. The van der Waals surface area contributed by atoms with Crippen LogP contribution in [0.3, 0.4) is 0 Å². The van der Waals surface area contributed by atoms with E-state index in [2.05, 4.69) is 4.98 Å². The van der Waals surface area contributed by atoms with Crippen molar-refractivity contribution in [3.8, 4) is 11.3 Å². The largest absolute Gasteiger partial charge is 0.390 e. The van der Waals surface area contributed by atoms with Crippen molar-refractivity contribution in [2.45, 2.75) is 6.61 Å². The molecule has 1 aromatic carbocycles. The molecule has 2 aromatic heterocycles. The van der Waals surface area contributed by atoms with E-state index in [1.165, 1.54) is 0 Å². The standard InChI is InChI=1S/C15H12ClN3O2/c16-11-4-1-9(2-5-11)14-12(8-20)19-7-10(15(17)21)3-6-13(19)18-14/h1-7,20H,8H2,(H2,17,21). The Morgan fingerprint density at radius 1 is 1.24 bits per heavy atom. The summed E-state index contributed by atoms with van der Waals surface area (Å²) in [4.78, 5) is 15.8. The molecule has 106 valence electrons. The SMILES string of the molecule is NC(=O)c1ccc2nc(-c3ccc(Cl)cc3)c(CO)n2c1. The number of rotatable bonds is 3. The summed E-state index contributed by atoms with van der Waals surface area (Å²) in [6.45, 7) is -0.207. The minimum atomic E-state index is -0.525. The maximum absolute atomic E-state index is 11.3. The lowest BCUT2D eigenvalue weighted by Gasteiger charge is -2.03. The highest BCUT2D eigenvalue weighted by molar-refractivity contribution is 6.30. The number of halogens is 1. The molecule has 3 aromatic rings. The molecule has 0 fully saturated rings. The van der Waals surface area contributed by atoms with Gasteiger partial charge < -0.3 is 15.2 Å². The highest BCUT2D eigenvalue weighted by Gasteiger charge is 2.14. The Hall–Kier alpha value is -2.37. The van der Waals surface area contributed by atoms with Crippen molar-refractivity contribution in [1.29, 1.82) is 0 Å². The fraction of sp³-hybridized carbons (Fsp3) is 0.0667. The van der Waals surface area contributed by atoms with E-state index in [0.29, 0.717) is 27.6 Å². The molecular weight excluding hydrogens is 290 g/mol. The number of fused-ring (bicyclic) bond motifs is 1. The molecule has 0 aliphatic rings. The number of carbonyl (C=O) groups is 1. The monoisotopic (exact) mass is 301 g/mol. The van der Waals surface area contributed by atoms with E-state index in [1.54, 1.807) is 34.9 Å². The first kappa shape index (κ1) is 13.6. The summed E-state index contributed by atoms with van der Waals surface area (Å²) in [5, 5.41) is 10.3. The maximum Gasteiger partial charge on any atom is 0.250 e. The van der Waals surface area contributed by atoms with E-state index < -0.39 is 5.91 Å². The molecule has 5 nitrogen and oxygen atoms in total. The number of aromatic nitrogens is 2. The Bertz CT molecular complexity index is 825. The summed E-state index contributed by atoms with van der Waals surface area (Å²) in [6, 6.07) is 10.5. The van der Waals surface area contributed by atoms with Gasteiger partial charge in [0.05, 0.1) is 23.6 Å². The van der Waals surface area contributed by atoms with Gasteiger partial charge >= 0.3 is 0 Å². The number of hydrogen-bond donors (Lipinski definition) is 2. The molecule has 0 saturated carbocycles. The number of benzene rings is 1. The van der Waals surface area contributed by atoms with Crippen molar-refractivity contribution in [3.05, 3.63) is 58.9 Å². The van der Waals surface area contributed by atoms with Gasteiger partial charge in [0.25, 0.3) is 0 Å². The Labute approximate surface area is 125 Å². The quantitative estimate of drug-likeness (QED) is 0.778. The normalized spacial score (nSPS) is 11.0. The number of nitrogens with two attached hydrogens (primary N) is 1. The number of nitrogens with zero attached hydrogens (tertiary/aromatic N) is 2. The molecule has 0 radical (unpaired) electrons. The first-order valence-electron chi connectivity index (χ1n) is 6.27. The molecule has 0 bridgehead atoms. The number of imidazole rings is 1. The third kappa shape index (κ3) is 2.37. The molecule has 0 spiro atoms. The van der Waals surface area contributed by atoms with E-state index in [-0.39, 0.29) is 6.61 Å². The smallest absolute Gasteiger partial charge is 0.250 e. The van der Waals surface area contributed by atoms with E-state index in [1.807, 2.05) is 12.1 Å². The lowest BCUT2D eigenvalue weighted by Crippen LogP contribution is -2.12. The van der Waals surface area contributed by atoms with Crippen molar-refractivity contribution in [1.82, 2.24) is 9.38 Å². The van der Waals surface area contributed by atoms with Crippen molar-refractivity contribution >= 4 is 23.2 Å². The Balaban J connectivity index is 2.23. The van der Waals surface area contributed by atoms with Gasteiger partial charge in [-0.3, -0.25) is 4.79 Å². The van der Waals surface area contributed by atoms with Crippen LogP contribution < -0.4 is 5.73 Å². The second kappa shape index (κ2) is 5.20. The van der Waals surface area contributed by atoms with Gasteiger partial charge in [0.1, 0.15) is 5.65 Å². The summed E-state index contributed by atoms with van der Waals surface area (Å²) in [5.74, 6) is -0.525. The van der Waals surface area contributed by atoms with Crippen LogP contribution in [-0.2, 0) is 6.61 Å². The average molecular weight is 302 g/mol. The summed E-state index contributed by atoms with van der Waals surface area (Å²) in [5.41, 5.74) is 8.36. The van der Waals surface area contributed by atoms with E-state index in [9.17, 15) is 9.90 Å². The molecule has 3 N–H and O–H groups in total. The number of aliphatic hydroxyl groups is 1. The number of amides is 1. The number of pyridine rings is 1. The van der Waals surface area contributed by atoms with Gasteiger partial charge in [0.2, 0.25) is 5.91 Å². The highest BCUT2D eigenvalue weighted by Crippen LogP contribution is 2.26. The molecule has 0 unspecified atom stereocenters. The first-order chi connectivity index (χ1) is 10.1. The van der Waals surface area contributed by atoms with Crippen LogP contribution in [0.5, 0.6) is 0 Å². The van der Waals surface area contributed by atoms with Crippen molar-refractivity contribution in [3.63, 3.8) is 0 Å². The van der Waals surface area contributed by atoms with Crippen LogP contribution in [0.4, 0.5) is 0 Å². The fourth-order valence-electron chi connectivity index (χ4n) is 2.23. The van der Waals surface area contributed by atoms with Crippen LogP contribution in [0, 0.1) is 0 Å². The Kier molecular flexibility index (Phi) is 3.37. The zero-order valence-corrected chi connectivity index (χ0v) is 11.7. The zero-order valence-electron chi connectivity index (χ0n) is 11.0. The minimum Gasteiger partial charge on any atom is -0.390 e. The summed E-state index contributed by atoms with van der Waals surface area (Å²) < 4.78 is 1.67. The summed E-state index contributed by atoms with van der Waals surface area (Å²) in [6.07, 6.45) is 1.58. The maximum atomic E-state index is 11.3. The molecule has 2 heterocycles. The first-order valence-corrected chi connectivity index (χ1v) is 6.65. The topological polar surface area (TPSA) is 80.6 Å². The number of carbonyl (C=O) groups excluding carboxylic acids is 1. The molecule has 21 heavy (non-hydrogen) atoms. The molecule has 6 heteroatoms. The van der Waals surface area contributed by atoms with Gasteiger partial charge in [-0.15, -0.1) is 0 Å². The second-order valence-corrected chi connectivity index (χ2v) is 5.02. The molecule has 0 saturated heterocycles. The van der Waals surface area contributed by atoms with Crippen LogP contribution in [-0.4, -0.2) is 20.4 Å². The Morgan fingerprint density at radius 2 is 1.95 bits per heavy atom. The van der Waals surface area contributed by atoms with Crippen LogP contribution >= 0.6 is 11.6 Å². The molecule has 0 aliphatic carbocycles. The summed E-state index contributed by atoms with van der Waals surface area (Å²) in [7, 11) is 0. The van der Waals surface area contributed by atoms with Gasteiger partial charge in [-0.1, -0.05) is 23.7 Å². The van der Waals surface area contributed by atoms with Crippen molar-refractivity contribution < 1.29 is 9.90 Å². The summed E-state index contributed by atoms with van der Waals surface area (Å²) >= 11 is 5.88. The lowest BCUT2D eigenvalue weighted by atomic mass is 10.1. The van der Waals surface area contributed by atoms with Gasteiger partial charge in [-0.25, -0.2) is 4.98 Å². The van der Waals surface area contributed by atoms with Crippen LogP contribution in [0.15, 0.2) is 42.6 Å². The molecule has 0 atom stereocenters. The van der Waals surface area contributed by atoms with E-state index in [4.69, 9.17) is 17.3 Å². The van der Waals surface area contributed by atoms with Crippen LogP contribution in [0.2, 0.25) is 5.02 Å². The second-order valence-electron chi connectivity index (χ2n) is 4.58. The fourth-order valence-corrected chi connectivity index (χ4v) is 2.36. The molecular formula is C15H12ClN3O2. The molecule has 0 aliphatic heterocycles. The van der Waals surface area contributed by atoms with Gasteiger partial charge in [-0.05, 0) is 24.3 Å². The van der Waals surface area contributed by atoms with Gasteiger partial charge in [0, 0.05) is 16.8 Å². The minimum absolute atomic E-state index is 0.207. The molecule has 3 rings (SSSR count). The number of aliphatic hydroxyl groups excluding tert-OH is 1. The number of primary amides is 1. The van der Waals surface area contributed by atoms with Crippen molar-refractivity contribution in [2.24, 2.45) is 5.73 Å². The van der Waals surface area contributed by atoms with E-state index in [0.717, 1.165) is 5.56 Å². The van der Waals surface area contributed by atoms with Crippen LogP contribution in [0.1, 0.15) is 16.1 Å². The zero-order chi connectivity index (χ0) is 15.0. The third-order valence-electron chi connectivity index (χ3n) is 3.27.